The highest BCUT2D eigenvalue weighted by Crippen LogP contribution is 2.45. The number of fused-ring (bicyclic) bond motifs is 3. The highest BCUT2D eigenvalue weighted by molar-refractivity contribution is 7.17. The molecule has 3 heterocycles. The van der Waals surface area contributed by atoms with E-state index in [1.54, 1.807) is 0 Å². The number of aryl methyl sites for hydroxylation is 4. The molecule has 0 saturated heterocycles. The zero-order valence-electron chi connectivity index (χ0n) is 26.7. The predicted molar refractivity (Wildman–Crippen MR) is 196 cm³/mol. The summed E-state index contributed by atoms with van der Waals surface area (Å²) in [5.74, 6) is 0. The van der Waals surface area contributed by atoms with Crippen LogP contribution in [0.25, 0.3) is 32.6 Å². The van der Waals surface area contributed by atoms with Crippen molar-refractivity contribution in [2.45, 2.75) is 98.3 Å². The lowest BCUT2D eigenvalue weighted by molar-refractivity contribution is 0.667. The molecule has 2 aliphatic carbocycles. The zero-order chi connectivity index (χ0) is 30.5. The summed E-state index contributed by atoms with van der Waals surface area (Å²) in [4.78, 5) is 5.62. The van der Waals surface area contributed by atoms with Gasteiger partial charge in [0.05, 0.1) is 11.7 Å². The van der Waals surface area contributed by atoms with E-state index in [1.165, 1.54) is 134 Å². The minimum absolute atomic E-state index is 0.962. The van der Waals surface area contributed by atoms with E-state index in [1.807, 2.05) is 22.7 Å². The van der Waals surface area contributed by atoms with Gasteiger partial charge in [0.15, 0.2) is 0 Å². The SMILES string of the molecule is CCCCCCc1cc(C)sc1C1=CC=CC2=C(c3sc(-c4ccc(C)c5nsnc45)cc3CCCCCC)C=CC=C1C2. The Morgan fingerprint density at radius 3 is 2.23 bits per heavy atom. The first kappa shape index (κ1) is 31.1. The maximum absolute atomic E-state index is 4.73. The molecule has 0 aliphatic heterocycles. The molecule has 228 valence electrons. The van der Waals surface area contributed by atoms with Gasteiger partial charge in [0.2, 0.25) is 0 Å². The van der Waals surface area contributed by atoms with Crippen molar-refractivity contribution in [1.29, 1.82) is 0 Å². The number of aromatic nitrogens is 2. The van der Waals surface area contributed by atoms with E-state index in [9.17, 15) is 0 Å². The third-order valence-corrected chi connectivity index (χ3v) is 11.8. The molecule has 3 aromatic heterocycles. The van der Waals surface area contributed by atoms with Crippen LogP contribution in [0.3, 0.4) is 0 Å². The first-order valence-electron chi connectivity index (χ1n) is 16.5. The summed E-state index contributed by atoms with van der Waals surface area (Å²) in [7, 11) is 0. The first-order valence-corrected chi connectivity index (χ1v) is 18.9. The number of allylic oxidation sites excluding steroid dienone is 10. The molecule has 0 atom stereocenters. The molecule has 44 heavy (non-hydrogen) atoms. The van der Waals surface area contributed by atoms with Gasteiger partial charge in [-0.3, -0.25) is 0 Å². The number of hydrogen-bond acceptors (Lipinski definition) is 5. The summed E-state index contributed by atoms with van der Waals surface area (Å²) in [5.41, 5.74) is 13.1. The van der Waals surface area contributed by atoms with Gasteiger partial charge in [0.25, 0.3) is 0 Å². The van der Waals surface area contributed by atoms with Crippen LogP contribution in [0.15, 0.2) is 71.9 Å². The average Bonchev–Trinajstić information content (AvgIpc) is 3.69. The van der Waals surface area contributed by atoms with Crippen LogP contribution in [0, 0.1) is 13.8 Å². The van der Waals surface area contributed by atoms with Crippen molar-refractivity contribution < 1.29 is 0 Å². The lowest BCUT2D eigenvalue weighted by Crippen LogP contribution is -1.94. The van der Waals surface area contributed by atoms with Crippen LogP contribution in [0.1, 0.15) is 103 Å². The molecule has 6 rings (SSSR count). The fraction of sp³-hybridized carbons (Fsp3) is 0.385. The quantitative estimate of drug-likeness (QED) is 0.136. The van der Waals surface area contributed by atoms with Crippen molar-refractivity contribution in [3.8, 4) is 10.4 Å². The summed E-state index contributed by atoms with van der Waals surface area (Å²) in [6.07, 6.45) is 27.7. The van der Waals surface area contributed by atoms with Crippen molar-refractivity contribution in [2.24, 2.45) is 0 Å². The number of hydrogen-bond donors (Lipinski definition) is 0. The second kappa shape index (κ2) is 14.5. The minimum Gasteiger partial charge on any atom is -0.173 e. The summed E-state index contributed by atoms with van der Waals surface area (Å²) in [6.45, 7) is 8.98. The topological polar surface area (TPSA) is 25.8 Å². The van der Waals surface area contributed by atoms with Crippen LogP contribution in [0.5, 0.6) is 0 Å². The van der Waals surface area contributed by atoms with E-state index in [2.05, 4.69) is 92.8 Å². The number of nitrogens with zero attached hydrogens (tertiary/aromatic N) is 2. The Hall–Kier alpha value is -2.86. The molecule has 0 radical (unpaired) electrons. The van der Waals surface area contributed by atoms with Crippen LogP contribution in [-0.2, 0) is 12.8 Å². The Bertz CT molecular complexity index is 1780. The predicted octanol–water partition coefficient (Wildman–Crippen LogP) is 12.6. The van der Waals surface area contributed by atoms with E-state index in [-0.39, 0.29) is 0 Å². The Balaban J connectivity index is 1.35. The Labute approximate surface area is 276 Å². The van der Waals surface area contributed by atoms with Gasteiger partial charge in [0.1, 0.15) is 11.0 Å². The Kier molecular flexibility index (Phi) is 10.3. The highest BCUT2D eigenvalue weighted by atomic mass is 32.1. The van der Waals surface area contributed by atoms with Crippen molar-refractivity contribution >= 4 is 56.6 Å². The molecule has 0 unspecified atom stereocenters. The van der Waals surface area contributed by atoms with Gasteiger partial charge in [-0.05, 0) is 97.1 Å². The van der Waals surface area contributed by atoms with Gasteiger partial charge >= 0.3 is 0 Å². The lowest BCUT2D eigenvalue weighted by atomic mass is 9.93. The van der Waals surface area contributed by atoms with Gasteiger partial charge in [-0.1, -0.05) is 101 Å². The second-order valence-electron chi connectivity index (χ2n) is 12.3. The van der Waals surface area contributed by atoms with E-state index >= 15 is 0 Å². The monoisotopic (exact) mass is 636 g/mol. The fourth-order valence-corrected chi connectivity index (χ4v) is 9.54. The van der Waals surface area contributed by atoms with Crippen molar-refractivity contribution in [1.82, 2.24) is 8.75 Å². The summed E-state index contributed by atoms with van der Waals surface area (Å²) >= 11 is 5.23. The van der Waals surface area contributed by atoms with E-state index in [0.29, 0.717) is 0 Å². The third-order valence-electron chi connectivity index (χ3n) is 8.91. The minimum atomic E-state index is 0.962. The molecule has 0 N–H and O–H groups in total. The molecule has 0 amide bonds. The summed E-state index contributed by atoms with van der Waals surface area (Å²) in [6, 6.07) is 9.35. The molecular formula is C39H44N2S3. The van der Waals surface area contributed by atoms with E-state index < -0.39 is 0 Å². The zero-order valence-corrected chi connectivity index (χ0v) is 29.1. The number of rotatable bonds is 13. The largest absolute Gasteiger partial charge is 0.173 e. The van der Waals surface area contributed by atoms with E-state index in [4.69, 9.17) is 4.37 Å². The number of thiophene rings is 2. The maximum Gasteiger partial charge on any atom is 0.113 e. The first-order chi connectivity index (χ1) is 21.6. The average molecular weight is 637 g/mol. The number of benzene rings is 1. The van der Waals surface area contributed by atoms with Gasteiger partial charge in [0, 0.05) is 25.1 Å². The molecule has 0 fully saturated rings. The molecule has 0 saturated carbocycles. The molecule has 0 spiro atoms. The molecular weight excluding hydrogens is 593 g/mol. The Morgan fingerprint density at radius 1 is 0.727 bits per heavy atom. The van der Waals surface area contributed by atoms with E-state index in [0.717, 1.165) is 23.9 Å². The second-order valence-corrected chi connectivity index (χ2v) is 15.1. The molecule has 4 aromatic rings. The van der Waals surface area contributed by atoms with Crippen LogP contribution >= 0.6 is 34.4 Å². The molecule has 2 aliphatic rings. The van der Waals surface area contributed by atoms with Crippen LogP contribution in [-0.4, -0.2) is 8.75 Å². The summed E-state index contributed by atoms with van der Waals surface area (Å²) in [5, 5.41) is 0. The highest BCUT2D eigenvalue weighted by Gasteiger charge is 2.23. The smallest absolute Gasteiger partial charge is 0.113 e. The summed E-state index contributed by atoms with van der Waals surface area (Å²) < 4.78 is 9.35. The van der Waals surface area contributed by atoms with Gasteiger partial charge in [-0.2, -0.15) is 8.75 Å². The van der Waals surface area contributed by atoms with Gasteiger partial charge in [-0.15, -0.1) is 22.7 Å². The third kappa shape index (κ3) is 6.71. The molecule has 5 heteroatoms. The van der Waals surface area contributed by atoms with Crippen molar-refractivity contribution in [2.75, 3.05) is 0 Å². The van der Waals surface area contributed by atoms with Crippen molar-refractivity contribution in [3.05, 3.63) is 103 Å². The fourth-order valence-electron chi connectivity index (χ4n) is 6.50. The molecule has 2 bridgehead atoms. The standard InChI is InChI=1S/C39H44N2S3/c1-5-7-9-11-15-30-23-27(4)42-38(30)32-19-13-18-29-24-28(32)17-14-20-33(29)39-31(16-12-10-8-6-2)25-35(43-39)34-22-21-26(3)36-37(34)41-44-40-36/h13-14,17-23,25H,5-12,15-16,24H2,1-4H3. The lowest BCUT2D eigenvalue weighted by Gasteiger charge is -2.13. The van der Waals surface area contributed by atoms with Gasteiger partial charge < -0.3 is 0 Å². The molecule has 2 nitrogen and oxygen atoms in total. The van der Waals surface area contributed by atoms with Crippen molar-refractivity contribution in [3.63, 3.8) is 0 Å². The van der Waals surface area contributed by atoms with Crippen LogP contribution < -0.4 is 0 Å². The normalized spacial score (nSPS) is 14.7. The van der Waals surface area contributed by atoms with Crippen LogP contribution in [0.2, 0.25) is 0 Å². The molecule has 1 aromatic carbocycles. The van der Waals surface area contributed by atoms with Gasteiger partial charge in [-0.25, -0.2) is 0 Å². The van der Waals surface area contributed by atoms with Crippen LogP contribution in [0.4, 0.5) is 0 Å². The number of unbranched alkanes of at least 4 members (excludes halogenated alkanes) is 6. The Morgan fingerprint density at radius 2 is 1.45 bits per heavy atom. The maximum atomic E-state index is 4.73.